The van der Waals surface area contributed by atoms with E-state index in [4.69, 9.17) is 5.73 Å². The van der Waals surface area contributed by atoms with Gasteiger partial charge in [0, 0.05) is 13.0 Å². The van der Waals surface area contributed by atoms with Gasteiger partial charge in [-0.2, -0.15) is 11.8 Å². The quantitative estimate of drug-likeness (QED) is 0.281. The molecular formula is C23H34N4O6S. The molecule has 0 bridgehead atoms. The Morgan fingerprint density at radius 3 is 2.38 bits per heavy atom. The van der Waals surface area contributed by atoms with Crippen LogP contribution in [0.1, 0.15) is 31.4 Å². The summed E-state index contributed by atoms with van der Waals surface area (Å²) >= 11 is 1.48. The van der Waals surface area contributed by atoms with Crippen LogP contribution in [0.15, 0.2) is 24.3 Å². The highest BCUT2D eigenvalue weighted by atomic mass is 32.2. The topological polar surface area (TPSA) is 162 Å². The maximum atomic E-state index is 13.6. The average molecular weight is 495 g/mol. The molecule has 3 amide bonds. The maximum Gasteiger partial charge on any atom is 0.326 e. The normalized spacial score (nSPS) is 17.9. The van der Waals surface area contributed by atoms with Gasteiger partial charge in [-0.25, -0.2) is 4.79 Å². The number of carboxylic acid groups (broad SMARTS) is 1. The summed E-state index contributed by atoms with van der Waals surface area (Å²) in [6.45, 7) is 3.08. The molecule has 1 aliphatic rings. The van der Waals surface area contributed by atoms with Crippen molar-refractivity contribution >= 4 is 35.5 Å². The van der Waals surface area contributed by atoms with Crippen molar-refractivity contribution in [2.75, 3.05) is 18.6 Å². The fraction of sp³-hybridized carbons (Fsp3) is 0.565. The van der Waals surface area contributed by atoms with E-state index in [1.165, 1.54) is 16.7 Å². The van der Waals surface area contributed by atoms with E-state index >= 15 is 0 Å². The van der Waals surface area contributed by atoms with Crippen molar-refractivity contribution in [3.63, 3.8) is 0 Å². The summed E-state index contributed by atoms with van der Waals surface area (Å²) in [6.07, 6.45) is 2.32. The van der Waals surface area contributed by atoms with Crippen LogP contribution < -0.4 is 16.4 Å². The van der Waals surface area contributed by atoms with E-state index in [2.05, 4.69) is 10.6 Å². The average Bonchev–Trinajstić information content (AvgIpc) is 2.82. The zero-order valence-corrected chi connectivity index (χ0v) is 20.5. The lowest BCUT2D eigenvalue weighted by Gasteiger charge is -2.39. The minimum atomic E-state index is -1.18. The third kappa shape index (κ3) is 6.94. The third-order valence-corrected chi connectivity index (χ3v) is 6.47. The van der Waals surface area contributed by atoms with Crippen LogP contribution in [0.4, 0.5) is 0 Å². The fourth-order valence-electron chi connectivity index (χ4n) is 3.79. The Morgan fingerprint density at radius 1 is 1.18 bits per heavy atom. The van der Waals surface area contributed by atoms with Crippen LogP contribution in [0.2, 0.25) is 0 Å². The molecule has 0 spiro atoms. The molecule has 188 valence electrons. The number of benzene rings is 1. The highest BCUT2D eigenvalue weighted by Gasteiger charge is 2.40. The lowest BCUT2D eigenvalue weighted by Crippen LogP contribution is -2.61. The van der Waals surface area contributed by atoms with Gasteiger partial charge >= 0.3 is 5.97 Å². The molecule has 0 aromatic heterocycles. The Bertz CT molecular complexity index is 896. The van der Waals surface area contributed by atoms with Gasteiger partial charge in [-0.15, -0.1) is 0 Å². The lowest BCUT2D eigenvalue weighted by molar-refractivity contribution is -0.147. The molecule has 34 heavy (non-hydrogen) atoms. The largest absolute Gasteiger partial charge is 0.480 e. The highest BCUT2D eigenvalue weighted by Crippen LogP contribution is 2.25. The number of aliphatic hydroxyl groups excluding tert-OH is 1. The number of carboxylic acids is 1. The molecule has 2 rings (SSSR count). The van der Waals surface area contributed by atoms with Crippen LogP contribution in [0.25, 0.3) is 0 Å². The molecule has 1 aliphatic heterocycles. The summed E-state index contributed by atoms with van der Waals surface area (Å²) in [5.74, 6) is -2.61. The molecule has 0 saturated carbocycles. The second-order valence-electron chi connectivity index (χ2n) is 8.66. The van der Waals surface area contributed by atoms with Crippen LogP contribution in [0.3, 0.4) is 0 Å². The van der Waals surface area contributed by atoms with E-state index in [1.54, 1.807) is 13.8 Å². The van der Waals surface area contributed by atoms with Gasteiger partial charge in [0.1, 0.15) is 24.2 Å². The molecule has 10 nitrogen and oxygen atoms in total. The number of thioether (sulfide) groups is 1. The van der Waals surface area contributed by atoms with Gasteiger partial charge in [-0.1, -0.05) is 38.1 Å². The van der Waals surface area contributed by atoms with E-state index < -0.39 is 54.5 Å². The van der Waals surface area contributed by atoms with Crippen molar-refractivity contribution in [2.24, 2.45) is 11.7 Å². The van der Waals surface area contributed by atoms with E-state index in [-0.39, 0.29) is 25.3 Å². The number of carbonyl (C=O) groups is 4. The predicted octanol–water partition coefficient (Wildman–Crippen LogP) is -0.277. The Hall–Kier alpha value is -2.63. The second kappa shape index (κ2) is 12.7. The molecule has 1 heterocycles. The van der Waals surface area contributed by atoms with Gasteiger partial charge in [0.15, 0.2) is 0 Å². The zero-order valence-electron chi connectivity index (χ0n) is 19.7. The monoisotopic (exact) mass is 494 g/mol. The summed E-state index contributed by atoms with van der Waals surface area (Å²) in [7, 11) is 0. The Kier molecular flexibility index (Phi) is 10.3. The maximum absolute atomic E-state index is 13.6. The molecule has 1 aromatic carbocycles. The Balaban J connectivity index is 2.34. The van der Waals surface area contributed by atoms with Gasteiger partial charge in [0.2, 0.25) is 17.7 Å². The Labute approximate surface area is 203 Å². The van der Waals surface area contributed by atoms with Gasteiger partial charge < -0.3 is 31.5 Å². The van der Waals surface area contributed by atoms with Gasteiger partial charge in [0.25, 0.3) is 0 Å². The first-order chi connectivity index (χ1) is 16.1. The van der Waals surface area contributed by atoms with Gasteiger partial charge in [-0.3, -0.25) is 14.4 Å². The first kappa shape index (κ1) is 27.6. The number of nitrogens with two attached hydrogens (primary N) is 1. The van der Waals surface area contributed by atoms with Gasteiger partial charge in [0.05, 0.1) is 6.61 Å². The number of carbonyl (C=O) groups excluding carboxylic acids is 3. The van der Waals surface area contributed by atoms with E-state index in [0.717, 1.165) is 11.1 Å². The summed E-state index contributed by atoms with van der Waals surface area (Å²) in [4.78, 5) is 52.2. The molecule has 11 heteroatoms. The van der Waals surface area contributed by atoms with Crippen LogP contribution in [-0.4, -0.2) is 81.6 Å². The van der Waals surface area contributed by atoms with Crippen molar-refractivity contribution in [3.05, 3.63) is 35.4 Å². The summed E-state index contributed by atoms with van der Waals surface area (Å²) in [5.41, 5.74) is 7.37. The first-order valence-electron chi connectivity index (χ1n) is 11.2. The number of nitrogens with zero attached hydrogens (tertiary/aromatic N) is 1. The van der Waals surface area contributed by atoms with Crippen LogP contribution in [-0.2, 0) is 32.1 Å². The second-order valence-corrected chi connectivity index (χ2v) is 9.64. The molecule has 1 aromatic rings. The molecule has 6 N–H and O–H groups in total. The number of amides is 3. The zero-order chi connectivity index (χ0) is 25.4. The van der Waals surface area contributed by atoms with Crippen molar-refractivity contribution < 1.29 is 29.4 Å². The number of aliphatic hydroxyl groups is 1. The smallest absolute Gasteiger partial charge is 0.326 e. The Morgan fingerprint density at radius 2 is 1.82 bits per heavy atom. The standard InChI is InChI=1S/C23H34N4O6S/c1-13(2)19(26-20(29)16(24)12-28)22(31)27-11-15-7-5-4-6-14(15)10-18(27)21(30)25-17(23(32)33)8-9-34-3/h4-7,13,16-19,28H,8-12,24H2,1-3H3,(H,25,30)(H,26,29)(H,32,33)/t16-,17-,18+,19-/m0/s1. The van der Waals surface area contributed by atoms with Crippen molar-refractivity contribution in [3.8, 4) is 0 Å². The number of fused-ring (bicyclic) bond motifs is 1. The number of rotatable bonds is 11. The molecule has 0 radical (unpaired) electrons. The minimum Gasteiger partial charge on any atom is -0.480 e. The van der Waals surface area contributed by atoms with Crippen molar-refractivity contribution in [1.29, 1.82) is 0 Å². The van der Waals surface area contributed by atoms with Crippen LogP contribution in [0, 0.1) is 5.92 Å². The number of nitrogens with one attached hydrogen (secondary N) is 2. The summed E-state index contributed by atoms with van der Waals surface area (Å²) in [5, 5.41) is 23.9. The number of hydrogen-bond acceptors (Lipinski definition) is 7. The molecule has 0 aliphatic carbocycles. The minimum absolute atomic E-state index is 0.140. The molecule has 0 unspecified atom stereocenters. The van der Waals surface area contributed by atoms with Crippen molar-refractivity contribution in [2.45, 2.75) is 57.4 Å². The van der Waals surface area contributed by atoms with Crippen LogP contribution in [0.5, 0.6) is 0 Å². The molecule has 0 saturated heterocycles. The predicted molar refractivity (Wildman–Crippen MR) is 129 cm³/mol. The van der Waals surface area contributed by atoms with E-state index in [0.29, 0.717) is 5.75 Å². The number of hydrogen-bond donors (Lipinski definition) is 5. The SMILES string of the molecule is CSCC[C@H](NC(=O)[C@H]1Cc2ccccc2CN1C(=O)[C@@H](NC(=O)[C@@H](N)CO)C(C)C)C(=O)O. The molecular weight excluding hydrogens is 460 g/mol. The fourth-order valence-corrected chi connectivity index (χ4v) is 4.26. The summed E-state index contributed by atoms with van der Waals surface area (Å²) < 4.78 is 0. The first-order valence-corrected chi connectivity index (χ1v) is 12.6. The van der Waals surface area contributed by atoms with Crippen LogP contribution >= 0.6 is 11.8 Å². The van der Waals surface area contributed by atoms with Crippen molar-refractivity contribution in [1.82, 2.24) is 15.5 Å². The van der Waals surface area contributed by atoms with E-state index in [9.17, 15) is 29.4 Å². The number of aliphatic carboxylic acids is 1. The molecule has 4 atom stereocenters. The highest BCUT2D eigenvalue weighted by molar-refractivity contribution is 7.98. The third-order valence-electron chi connectivity index (χ3n) is 5.82. The van der Waals surface area contributed by atoms with E-state index in [1.807, 2.05) is 30.5 Å². The lowest BCUT2D eigenvalue weighted by atomic mass is 9.91. The van der Waals surface area contributed by atoms with Gasteiger partial charge in [-0.05, 0) is 35.5 Å². The molecule has 0 fully saturated rings. The summed E-state index contributed by atoms with van der Waals surface area (Å²) in [6, 6.07) is 3.26.